The van der Waals surface area contributed by atoms with Crippen LogP contribution in [0.25, 0.3) is 11.2 Å². The monoisotopic (exact) mass is 452 g/mol. The van der Waals surface area contributed by atoms with Crippen molar-refractivity contribution in [1.82, 2.24) is 23.8 Å². The molecule has 1 aliphatic carbocycles. The highest BCUT2D eigenvalue weighted by atomic mass is 32.2. The summed E-state index contributed by atoms with van der Waals surface area (Å²) < 4.78 is 26.5. The zero-order chi connectivity index (χ0) is 22.2. The smallest absolute Gasteiger partial charge is 0.276 e. The van der Waals surface area contributed by atoms with Crippen molar-refractivity contribution in [1.29, 1.82) is 0 Å². The average Bonchev–Trinajstić information content (AvgIpc) is 3.45. The van der Waals surface area contributed by atoms with Crippen LogP contribution in [0.5, 0.6) is 0 Å². The van der Waals surface area contributed by atoms with Gasteiger partial charge in [-0.3, -0.25) is 0 Å². The highest BCUT2D eigenvalue weighted by Crippen LogP contribution is 2.30. The molecule has 12 heteroatoms. The van der Waals surface area contributed by atoms with Crippen molar-refractivity contribution in [2.24, 2.45) is 11.1 Å². The van der Waals surface area contributed by atoms with Crippen LogP contribution in [0.3, 0.4) is 0 Å². The van der Waals surface area contributed by atoms with Gasteiger partial charge in [-0.15, -0.1) is 0 Å². The molecule has 2 aromatic heterocycles. The van der Waals surface area contributed by atoms with Crippen molar-refractivity contribution in [3.8, 4) is 0 Å². The summed E-state index contributed by atoms with van der Waals surface area (Å²) in [6.45, 7) is 4.77. The number of fused-ring (bicyclic) bond motifs is 1. The van der Waals surface area contributed by atoms with E-state index in [4.69, 9.17) is 10.1 Å². The fourth-order valence-electron chi connectivity index (χ4n) is 4.57. The van der Waals surface area contributed by atoms with E-state index in [1.54, 1.807) is 6.33 Å². The zero-order valence-corrected chi connectivity index (χ0v) is 18.8. The van der Waals surface area contributed by atoms with Gasteiger partial charge >= 0.3 is 0 Å². The Labute approximate surface area is 182 Å². The summed E-state index contributed by atoms with van der Waals surface area (Å²) in [5.41, 5.74) is 1.33. The first-order chi connectivity index (χ1) is 14.8. The van der Waals surface area contributed by atoms with Gasteiger partial charge in [0.15, 0.2) is 17.0 Å². The Morgan fingerprint density at radius 2 is 2.00 bits per heavy atom. The highest BCUT2D eigenvalue weighted by Gasteiger charge is 2.30. The molecular weight excluding hydrogens is 420 g/mol. The molecule has 4 rings (SSSR count). The molecule has 1 saturated heterocycles. The molecule has 1 saturated carbocycles. The molecule has 172 valence electrons. The lowest BCUT2D eigenvalue weighted by Crippen LogP contribution is -2.36. The van der Waals surface area contributed by atoms with E-state index >= 15 is 0 Å². The number of nitrogens with two attached hydrogens (primary N) is 1. The standard InChI is InChI=1S/C19H32N8O3S/c1-12(2)27-11-21-16-17(22-14-7-8-26(9-14)31(20,29)30)24-19(25-18(16)27)23-15(10-28)13-5-3-4-6-13/h11-15,28H,3-10H2,1-2H3,(H2,20,29,30)(H2,22,23,24,25). The van der Waals surface area contributed by atoms with Gasteiger partial charge in [0.05, 0.1) is 19.0 Å². The van der Waals surface area contributed by atoms with Crippen LogP contribution in [-0.2, 0) is 10.2 Å². The van der Waals surface area contributed by atoms with E-state index in [2.05, 4.69) is 34.4 Å². The molecule has 2 fully saturated rings. The Bertz CT molecular complexity index is 1020. The number of hydrogen-bond donors (Lipinski definition) is 4. The number of rotatable bonds is 8. The van der Waals surface area contributed by atoms with Crippen molar-refractivity contribution < 1.29 is 13.5 Å². The second kappa shape index (κ2) is 8.85. The molecule has 2 aliphatic rings. The number of nitrogens with zero attached hydrogens (tertiary/aromatic N) is 5. The normalized spacial score (nSPS) is 21.9. The molecule has 2 aromatic rings. The first-order valence-electron chi connectivity index (χ1n) is 10.9. The van der Waals surface area contributed by atoms with Crippen LogP contribution in [0.4, 0.5) is 11.8 Å². The van der Waals surface area contributed by atoms with Crippen LogP contribution >= 0.6 is 0 Å². The molecule has 2 atom stereocenters. The van der Waals surface area contributed by atoms with Gasteiger partial charge in [0.25, 0.3) is 10.2 Å². The predicted octanol–water partition coefficient (Wildman–Crippen LogP) is 1.06. The first-order valence-corrected chi connectivity index (χ1v) is 12.4. The number of aliphatic hydroxyl groups excluding tert-OH is 1. The third kappa shape index (κ3) is 4.76. The van der Waals surface area contributed by atoms with E-state index in [1.807, 2.05) is 4.57 Å². The minimum absolute atomic E-state index is 0.0181. The van der Waals surface area contributed by atoms with Crippen LogP contribution in [0.15, 0.2) is 6.33 Å². The fourth-order valence-corrected chi connectivity index (χ4v) is 5.32. The topological polar surface area (TPSA) is 151 Å². The summed E-state index contributed by atoms with van der Waals surface area (Å²) >= 11 is 0. The number of nitrogens with one attached hydrogen (secondary N) is 2. The third-order valence-corrected chi connectivity index (χ3v) is 7.36. The van der Waals surface area contributed by atoms with Crippen LogP contribution in [-0.4, -0.2) is 69.1 Å². The fraction of sp³-hybridized carbons (Fsp3) is 0.737. The maximum absolute atomic E-state index is 11.7. The maximum atomic E-state index is 11.7. The SMILES string of the molecule is CC(C)n1cnc2c(NC3CCN(S(N)(=O)=O)C3)nc(NC(CO)C3CCCC3)nc21. The lowest BCUT2D eigenvalue weighted by molar-refractivity contribution is 0.238. The molecule has 3 heterocycles. The predicted molar refractivity (Wildman–Crippen MR) is 119 cm³/mol. The van der Waals surface area contributed by atoms with Crippen LogP contribution in [0, 0.1) is 5.92 Å². The molecule has 0 spiro atoms. The summed E-state index contributed by atoms with van der Waals surface area (Å²) in [5.74, 6) is 1.38. The van der Waals surface area contributed by atoms with Gasteiger partial charge in [0.1, 0.15) is 0 Å². The van der Waals surface area contributed by atoms with Crippen molar-refractivity contribution in [2.45, 2.75) is 64.1 Å². The van der Waals surface area contributed by atoms with E-state index in [0.717, 1.165) is 12.8 Å². The van der Waals surface area contributed by atoms with Crippen molar-refractivity contribution in [3.63, 3.8) is 0 Å². The van der Waals surface area contributed by atoms with Crippen molar-refractivity contribution >= 4 is 33.1 Å². The minimum atomic E-state index is -3.71. The lowest BCUT2D eigenvalue weighted by Gasteiger charge is -2.23. The van der Waals surface area contributed by atoms with Crippen LogP contribution in [0.2, 0.25) is 0 Å². The summed E-state index contributed by atoms with van der Waals surface area (Å²) in [5, 5.41) is 21.9. The Hall–Kier alpha value is -2.02. The Morgan fingerprint density at radius 1 is 1.26 bits per heavy atom. The van der Waals surface area contributed by atoms with Crippen molar-refractivity contribution in [3.05, 3.63) is 6.33 Å². The Kier molecular flexibility index (Phi) is 6.33. The number of aliphatic hydroxyl groups is 1. The van der Waals surface area contributed by atoms with Crippen molar-refractivity contribution in [2.75, 3.05) is 30.3 Å². The van der Waals surface area contributed by atoms with E-state index in [0.29, 0.717) is 41.8 Å². The summed E-state index contributed by atoms with van der Waals surface area (Å²) in [6.07, 6.45) is 6.89. The quantitative estimate of drug-likeness (QED) is 0.464. The molecule has 5 N–H and O–H groups in total. The van der Waals surface area contributed by atoms with Gasteiger partial charge in [0, 0.05) is 25.2 Å². The summed E-state index contributed by atoms with van der Waals surface area (Å²) in [7, 11) is -3.71. The number of aromatic nitrogens is 4. The second-order valence-electron chi connectivity index (χ2n) is 8.82. The molecule has 0 bridgehead atoms. The molecule has 0 aromatic carbocycles. The maximum Gasteiger partial charge on any atom is 0.276 e. The van der Waals surface area contributed by atoms with Gasteiger partial charge in [0.2, 0.25) is 5.95 Å². The Morgan fingerprint density at radius 3 is 2.61 bits per heavy atom. The third-order valence-electron chi connectivity index (χ3n) is 6.31. The average molecular weight is 453 g/mol. The van der Waals surface area contributed by atoms with E-state index < -0.39 is 10.2 Å². The van der Waals surface area contributed by atoms with Gasteiger partial charge in [-0.25, -0.2) is 10.1 Å². The molecule has 1 aliphatic heterocycles. The number of hydrogen-bond acceptors (Lipinski definition) is 8. The molecule has 2 unspecified atom stereocenters. The van der Waals surface area contributed by atoms with E-state index in [-0.39, 0.29) is 31.3 Å². The Balaban J connectivity index is 1.63. The van der Waals surface area contributed by atoms with Crippen LogP contribution < -0.4 is 15.8 Å². The molecule has 31 heavy (non-hydrogen) atoms. The highest BCUT2D eigenvalue weighted by molar-refractivity contribution is 7.86. The van der Waals surface area contributed by atoms with E-state index in [1.165, 1.54) is 17.1 Å². The number of imidazole rings is 1. The molecular formula is C19H32N8O3S. The van der Waals surface area contributed by atoms with Gasteiger partial charge in [-0.05, 0) is 39.0 Å². The summed E-state index contributed by atoms with van der Waals surface area (Å²) in [6, 6.07) is -0.0713. The lowest BCUT2D eigenvalue weighted by atomic mass is 9.99. The number of anilines is 2. The largest absolute Gasteiger partial charge is 0.394 e. The first kappa shape index (κ1) is 22.2. The summed E-state index contributed by atoms with van der Waals surface area (Å²) in [4.78, 5) is 13.9. The molecule has 0 radical (unpaired) electrons. The van der Waals surface area contributed by atoms with Crippen LogP contribution in [0.1, 0.15) is 52.0 Å². The minimum Gasteiger partial charge on any atom is -0.394 e. The van der Waals surface area contributed by atoms with Gasteiger partial charge in [-0.1, -0.05) is 12.8 Å². The van der Waals surface area contributed by atoms with Gasteiger partial charge in [-0.2, -0.15) is 22.7 Å². The second-order valence-corrected chi connectivity index (χ2v) is 10.4. The van der Waals surface area contributed by atoms with Gasteiger partial charge < -0.3 is 20.3 Å². The van der Waals surface area contributed by atoms with E-state index in [9.17, 15) is 13.5 Å². The zero-order valence-electron chi connectivity index (χ0n) is 18.0. The molecule has 0 amide bonds. The molecule has 11 nitrogen and oxygen atoms in total.